The summed E-state index contributed by atoms with van der Waals surface area (Å²) in [6.07, 6.45) is 0. The zero-order valence-electron chi connectivity index (χ0n) is 17.8. The summed E-state index contributed by atoms with van der Waals surface area (Å²) >= 11 is 0. The topological polar surface area (TPSA) is 56.8 Å². The molecule has 0 aliphatic carbocycles. The van der Waals surface area contributed by atoms with E-state index in [2.05, 4.69) is 19.2 Å². The first-order chi connectivity index (χ1) is 14.5. The van der Waals surface area contributed by atoms with E-state index in [0.29, 0.717) is 24.5 Å². The molecule has 30 heavy (non-hydrogen) atoms. The summed E-state index contributed by atoms with van der Waals surface area (Å²) in [6, 6.07) is 18.9. The van der Waals surface area contributed by atoms with Gasteiger partial charge in [-0.3, -0.25) is 4.79 Å². The predicted octanol–water partition coefficient (Wildman–Crippen LogP) is 4.83. The van der Waals surface area contributed by atoms with Crippen molar-refractivity contribution in [3.05, 3.63) is 88.5 Å². The van der Waals surface area contributed by atoms with E-state index in [9.17, 15) is 4.79 Å². The Morgan fingerprint density at radius 3 is 2.23 bits per heavy atom. The van der Waals surface area contributed by atoms with Crippen LogP contribution in [-0.2, 0) is 13.2 Å². The van der Waals surface area contributed by atoms with Gasteiger partial charge in [0.05, 0.1) is 14.2 Å². The van der Waals surface area contributed by atoms with E-state index in [1.807, 2.05) is 48.5 Å². The van der Waals surface area contributed by atoms with E-state index >= 15 is 0 Å². The van der Waals surface area contributed by atoms with Crippen molar-refractivity contribution >= 4 is 5.91 Å². The highest BCUT2D eigenvalue weighted by Gasteiger charge is 2.11. The Kier molecular flexibility index (Phi) is 6.96. The average Bonchev–Trinajstić information content (AvgIpc) is 2.78. The van der Waals surface area contributed by atoms with Gasteiger partial charge in [-0.1, -0.05) is 18.2 Å². The summed E-state index contributed by atoms with van der Waals surface area (Å²) in [4.78, 5) is 12.6. The number of methoxy groups -OCH3 is 2. The first-order valence-electron chi connectivity index (χ1n) is 9.78. The van der Waals surface area contributed by atoms with Crippen molar-refractivity contribution in [2.24, 2.45) is 0 Å². The van der Waals surface area contributed by atoms with Gasteiger partial charge < -0.3 is 19.5 Å². The van der Waals surface area contributed by atoms with Gasteiger partial charge in [0, 0.05) is 17.7 Å². The first kappa shape index (κ1) is 21.2. The van der Waals surface area contributed by atoms with E-state index in [1.165, 1.54) is 11.1 Å². The molecule has 3 aromatic carbocycles. The molecule has 0 bridgehead atoms. The van der Waals surface area contributed by atoms with E-state index < -0.39 is 0 Å². The molecule has 0 fully saturated rings. The summed E-state index contributed by atoms with van der Waals surface area (Å²) in [5.74, 6) is 2.11. The third-order valence-corrected chi connectivity index (χ3v) is 5.03. The lowest BCUT2D eigenvalue weighted by Gasteiger charge is -2.13. The van der Waals surface area contributed by atoms with Gasteiger partial charge in [0.15, 0.2) is 0 Å². The molecule has 5 heteroatoms. The van der Waals surface area contributed by atoms with E-state index in [4.69, 9.17) is 14.2 Å². The van der Waals surface area contributed by atoms with Crippen LogP contribution in [0.2, 0.25) is 0 Å². The van der Waals surface area contributed by atoms with Crippen LogP contribution in [0.15, 0.2) is 60.7 Å². The van der Waals surface area contributed by atoms with Crippen molar-refractivity contribution < 1.29 is 19.0 Å². The van der Waals surface area contributed by atoms with Crippen LogP contribution in [0.1, 0.15) is 32.6 Å². The predicted molar refractivity (Wildman–Crippen MR) is 117 cm³/mol. The quantitative estimate of drug-likeness (QED) is 0.583. The van der Waals surface area contributed by atoms with Gasteiger partial charge in [0.25, 0.3) is 5.91 Å². The van der Waals surface area contributed by atoms with Gasteiger partial charge in [-0.05, 0) is 73.0 Å². The maximum absolute atomic E-state index is 12.6. The van der Waals surface area contributed by atoms with Crippen LogP contribution < -0.4 is 19.5 Å². The third kappa shape index (κ3) is 5.32. The molecule has 1 amide bonds. The van der Waals surface area contributed by atoms with Crippen molar-refractivity contribution in [2.75, 3.05) is 14.2 Å². The Bertz CT molecular complexity index is 1010. The highest BCUT2D eigenvalue weighted by molar-refractivity contribution is 5.94. The molecular weight excluding hydrogens is 378 g/mol. The molecule has 0 unspecified atom stereocenters. The average molecular weight is 405 g/mol. The molecule has 3 aromatic rings. The minimum Gasteiger partial charge on any atom is -0.497 e. The van der Waals surface area contributed by atoms with Gasteiger partial charge in [-0.15, -0.1) is 0 Å². The maximum atomic E-state index is 12.6. The lowest BCUT2D eigenvalue weighted by Crippen LogP contribution is -2.23. The summed E-state index contributed by atoms with van der Waals surface area (Å²) in [7, 11) is 3.24. The highest BCUT2D eigenvalue weighted by Crippen LogP contribution is 2.23. The molecule has 156 valence electrons. The third-order valence-electron chi connectivity index (χ3n) is 5.03. The molecule has 3 rings (SSSR count). The Labute approximate surface area is 177 Å². The number of amides is 1. The fourth-order valence-electron chi connectivity index (χ4n) is 3.03. The number of nitrogens with one attached hydrogen (secondary N) is 1. The Hall–Kier alpha value is -3.47. The number of carbonyl (C=O) groups is 1. The zero-order valence-corrected chi connectivity index (χ0v) is 17.8. The van der Waals surface area contributed by atoms with Crippen LogP contribution in [0.5, 0.6) is 17.2 Å². The molecule has 0 aromatic heterocycles. The molecule has 0 aliphatic heterocycles. The van der Waals surface area contributed by atoms with E-state index in [-0.39, 0.29) is 5.91 Å². The van der Waals surface area contributed by atoms with Crippen LogP contribution in [0.4, 0.5) is 0 Å². The van der Waals surface area contributed by atoms with Crippen molar-refractivity contribution in [3.8, 4) is 17.2 Å². The van der Waals surface area contributed by atoms with Gasteiger partial charge in [-0.25, -0.2) is 0 Å². The normalized spacial score (nSPS) is 10.4. The molecule has 0 heterocycles. The Morgan fingerprint density at radius 1 is 0.833 bits per heavy atom. The zero-order chi connectivity index (χ0) is 21.5. The van der Waals surface area contributed by atoms with Crippen LogP contribution in [-0.4, -0.2) is 20.1 Å². The fourth-order valence-corrected chi connectivity index (χ4v) is 3.03. The van der Waals surface area contributed by atoms with Crippen molar-refractivity contribution in [3.63, 3.8) is 0 Å². The summed E-state index contributed by atoms with van der Waals surface area (Å²) in [5, 5.41) is 2.94. The molecule has 1 N–H and O–H groups in total. The smallest absolute Gasteiger partial charge is 0.251 e. The highest BCUT2D eigenvalue weighted by atomic mass is 16.5. The summed E-state index contributed by atoms with van der Waals surface area (Å²) < 4.78 is 16.5. The number of hydrogen-bond acceptors (Lipinski definition) is 4. The second-order valence-corrected chi connectivity index (χ2v) is 7.09. The van der Waals surface area contributed by atoms with E-state index in [1.54, 1.807) is 26.4 Å². The largest absolute Gasteiger partial charge is 0.497 e. The molecule has 0 saturated heterocycles. The Balaban J connectivity index is 1.67. The lowest BCUT2D eigenvalue weighted by molar-refractivity contribution is 0.0950. The molecule has 0 radical (unpaired) electrons. The minimum absolute atomic E-state index is 0.152. The Morgan fingerprint density at radius 2 is 1.57 bits per heavy atom. The van der Waals surface area contributed by atoms with E-state index in [0.717, 1.165) is 22.6 Å². The molecule has 0 saturated carbocycles. The number of rotatable bonds is 8. The molecule has 0 aliphatic rings. The number of hydrogen-bond donors (Lipinski definition) is 1. The van der Waals surface area contributed by atoms with Gasteiger partial charge in [-0.2, -0.15) is 0 Å². The van der Waals surface area contributed by atoms with Gasteiger partial charge in [0.2, 0.25) is 0 Å². The van der Waals surface area contributed by atoms with Crippen molar-refractivity contribution in [2.45, 2.75) is 27.0 Å². The lowest BCUT2D eigenvalue weighted by atomic mass is 10.1. The monoisotopic (exact) mass is 405 g/mol. The van der Waals surface area contributed by atoms with Crippen LogP contribution in [0.25, 0.3) is 0 Å². The number of benzene rings is 3. The second kappa shape index (κ2) is 9.83. The number of aryl methyl sites for hydroxylation is 2. The maximum Gasteiger partial charge on any atom is 0.251 e. The SMILES string of the molecule is COc1ccc(CNC(=O)c2ccc(OC)c(COc3ccc(C)c(C)c3)c2)cc1. The van der Waals surface area contributed by atoms with Crippen molar-refractivity contribution in [1.29, 1.82) is 0 Å². The van der Waals surface area contributed by atoms with Crippen LogP contribution >= 0.6 is 0 Å². The minimum atomic E-state index is -0.152. The molecule has 5 nitrogen and oxygen atoms in total. The second-order valence-electron chi connectivity index (χ2n) is 7.09. The molecule has 0 atom stereocenters. The van der Waals surface area contributed by atoms with Gasteiger partial charge >= 0.3 is 0 Å². The molecular formula is C25H27NO4. The summed E-state index contributed by atoms with van der Waals surface area (Å²) in [5.41, 5.74) is 4.76. The van der Waals surface area contributed by atoms with Crippen LogP contribution in [0.3, 0.4) is 0 Å². The fraction of sp³-hybridized carbons (Fsp3) is 0.240. The summed E-state index contributed by atoms with van der Waals surface area (Å²) in [6.45, 7) is 4.86. The number of ether oxygens (including phenoxy) is 3. The molecule has 0 spiro atoms. The standard InChI is InChI=1S/C25H27NO4/c1-17-5-9-23(13-18(17)2)30-16-21-14-20(8-12-24(21)29-4)25(27)26-15-19-6-10-22(28-3)11-7-19/h5-14H,15-16H2,1-4H3,(H,26,27). The van der Waals surface area contributed by atoms with Crippen molar-refractivity contribution in [1.82, 2.24) is 5.32 Å². The van der Waals surface area contributed by atoms with Crippen LogP contribution in [0, 0.1) is 13.8 Å². The van der Waals surface area contributed by atoms with Gasteiger partial charge in [0.1, 0.15) is 23.9 Å². The number of carbonyl (C=O) groups excluding carboxylic acids is 1. The first-order valence-corrected chi connectivity index (χ1v) is 9.78.